The van der Waals surface area contributed by atoms with Crippen molar-refractivity contribution in [2.75, 3.05) is 13.2 Å². The van der Waals surface area contributed by atoms with Gasteiger partial charge in [-0.2, -0.15) is 0 Å². The summed E-state index contributed by atoms with van der Waals surface area (Å²) in [6.07, 6.45) is 40.7. The van der Waals surface area contributed by atoms with Crippen LogP contribution < -0.4 is 0 Å². The van der Waals surface area contributed by atoms with Crippen LogP contribution in [0.4, 0.5) is 26.3 Å². The normalized spacial score (nSPS) is 33.6. The van der Waals surface area contributed by atoms with Gasteiger partial charge in [-0.25, -0.2) is 26.3 Å². The highest BCUT2D eigenvalue weighted by atomic mass is 19.2. The van der Waals surface area contributed by atoms with Crippen molar-refractivity contribution in [1.82, 2.24) is 0 Å². The third-order valence-corrected chi connectivity index (χ3v) is 18.0. The van der Waals surface area contributed by atoms with Gasteiger partial charge in [0, 0.05) is 10.8 Å². The largest absolute Gasteiger partial charge is 0.379 e. The fraction of sp³-hybridized carbons (Fsp3) is 0.857. The van der Waals surface area contributed by atoms with Gasteiger partial charge < -0.3 is 4.74 Å². The molecule has 0 bridgehead atoms. The SMILES string of the molecule is CCCCCCCCCC1CCC(C2([C@@]3(F)C=C[C@@H](COC[C@@H]4C=C[C@](F)(C5(C6CCC(CCCCCCCCC)CC6)CCCCC5)C(F)=C4F)C(F)=C3F)CCCCC2)CC1. The second kappa shape index (κ2) is 24.5. The molecule has 63 heavy (non-hydrogen) atoms. The summed E-state index contributed by atoms with van der Waals surface area (Å²) in [4.78, 5) is 0. The van der Waals surface area contributed by atoms with E-state index in [1.165, 1.54) is 127 Å². The predicted octanol–water partition coefficient (Wildman–Crippen LogP) is 18.9. The Balaban J connectivity index is 1.02. The molecule has 6 aliphatic carbocycles. The van der Waals surface area contributed by atoms with E-state index in [1.807, 2.05) is 0 Å². The van der Waals surface area contributed by atoms with E-state index in [0.29, 0.717) is 37.5 Å². The van der Waals surface area contributed by atoms with Crippen LogP contribution >= 0.6 is 0 Å². The van der Waals surface area contributed by atoms with Crippen LogP contribution in [0.2, 0.25) is 0 Å². The van der Waals surface area contributed by atoms with Crippen LogP contribution in [-0.4, -0.2) is 24.6 Å². The summed E-state index contributed by atoms with van der Waals surface area (Å²) in [5, 5.41) is 0. The Morgan fingerprint density at radius 3 is 1.14 bits per heavy atom. The Labute approximate surface area is 380 Å². The third-order valence-electron chi connectivity index (χ3n) is 18.0. The van der Waals surface area contributed by atoms with Crippen molar-refractivity contribution in [3.05, 3.63) is 47.6 Å². The van der Waals surface area contributed by atoms with Gasteiger partial charge in [0.2, 0.25) is 0 Å². The zero-order valence-electron chi connectivity index (χ0n) is 39.9. The van der Waals surface area contributed by atoms with Gasteiger partial charge in [0.15, 0.2) is 23.0 Å². The Morgan fingerprint density at radius 1 is 0.460 bits per heavy atom. The molecule has 6 aliphatic rings. The molecule has 0 aliphatic heterocycles. The standard InChI is InChI=1S/C56H88F6O/c1-3-5-7-9-11-13-17-23-43-25-29-47(30-26-43)53(35-19-15-20-36-53)55(61)39-33-45(49(57)51(55)59)41-63-42-46-34-40-56(62,52(60)50(46)58)54(37-21-16-22-38-54)48-31-27-44(28-32-48)24-18-14-12-10-8-6-4-2/h33-34,39-40,43-48H,3-32,35-38,41-42H2,1-2H3/t43?,44?,45-,46-,47?,48?,55+,56+/m0/s1. The van der Waals surface area contributed by atoms with E-state index in [4.69, 9.17) is 4.74 Å². The number of hydrogen-bond acceptors (Lipinski definition) is 1. The lowest BCUT2D eigenvalue weighted by Gasteiger charge is -2.53. The molecule has 4 atom stereocenters. The maximum absolute atomic E-state index is 17.5. The molecule has 4 fully saturated rings. The first kappa shape index (κ1) is 50.9. The number of ether oxygens (including phenoxy) is 1. The van der Waals surface area contributed by atoms with Gasteiger partial charge in [-0.05, 0) is 87.2 Å². The predicted molar refractivity (Wildman–Crippen MR) is 249 cm³/mol. The lowest BCUT2D eigenvalue weighted by atomic mass is 9.53. The highest BCUT2D eigenvalue weighted by molar-refractivity contribution is 5.37. The number of rotatable bonds is 24. The lowest BCUT2D eigenvalue weighted by Crippen LogP contribution is -2.52. The minimum atomic E-state index is -2.51. The summed E-state index contributed by atoms with van der Waals surface area (Å²) in [7, 11) is 0. The molecule has 0 N–H and O–H groups in total. The van der Waals surface area contributed by atoms with Crippen LogP contribution in [0.1, 0.15) is 232 Å². The Kier molecular flexibility index (Phi) is 19.8. The van der Waals surface area contributed by atoms with Gasteiger partial charge in [-0.3, -0.25) is 0 Å². The smallest absolute Gasteiger partial charge is 0.188 e. The van der Waals surface area contributed by atoms with Gasteiger partial charge in [0.25, 0.3) is 0 Å². The fourth-order valence-electron chi connectivity index (χ4n) is 14.1. The van der Waals surface area contributed by atoms with E-state index < -0.39 is 57.3 Å². The van der Waals surface area contributed by atoms with Crippen molar-refractivity contribution in [2.45, 2.75) is 243 Å². The van der Waals surface area contributed by atoms with Crippen molar-refractivity contribution in [2.24, 2.45) is 46.3 Å². The highest BCUT2D eigenvalue weighted by Gasteiger charge is 2.61. The zero-order valence-corrected chi connectivity index (χ0v) is 39.9. The summed E-state index contributed by atoms with van der Waals surface area (Å²) >= 11 is 0. The molecule has 0 aromatic heterocycles. The van der Waals surface area contributed by atoms with Gasteiger partial charge in [0.05, 0.1) is 25.0 Å². The molecule has 0 saturated heterocycles. The summed E-state index contributed by atoms with van der Waals surface area (Å²) < 4.78 is 106. The van der Waals surface area contributed by atoms with Gasteiger partial charge in [0.1, 0.15) is 11.7 Å². The molecular weight excluding hydrogens is 803 g/mol. The molecule has 6 rings (SSSR count). The molecule has 0 radical (unpaired) electrons. The molecule has 0 spiro atoms. The van der Waals surface area contributed by atoms with Crippen LogP contribution in [0.15, 0.2) is 47.6 Å². The first-order valence-electron chi connectivity index (χ1n) is 27.0. The Morgan fingerprint density at radius 2 is 0.794 bits per heavy atom. The minimum absolute atomic E-state index is 0.00282. The first-order chi connectivity index (χ1) is 30.5. The molecule has 4 saturated carbocycles. The molecule has 0 heterocycles. The summed E-state index contributed by atoms with van der Waals surface area (Å²) in [5.41, 5.74) is -6.97. The number of halogens is 6. The van der Waals surface area contributed by atoms with Crippen LogP contribution in [0.3, 0.4) is 0 Å². The second-order valence-electron chi connectivity index (χ2n) is 21.9. The van der Waals surface area contributed by atoms with E-state index in [-0.39, 0.29) is 25.0 Å². The van der Waals surface area contributed by atoms with Crippen molar-refractivity contribution in [3.63, 3.8) is 0 Å². The van der Waals surface area contributed by atoms with Crippen molar-refractivity contribution >= 4 is 0 Å². The van der Waals surface area contributed by atoms with Crippen molar-refractivity contribution in [1.29, 1.82) is 0 Å². The van der Waals surface area contributed by atoms with Crippen LogP contribution in [0.25, 0.3) is 0 Å². The summed E-state index contributed by atoms with van der Waals surface area (Å²) in [5.74, 6) is -6.04. The molecule has 0 unspecified atom stereocenters. The van der Waals surface area contributed by atoms with Crippen LogP contribution in [-0.2, 0) is 4.74 Å². The molecule has 1 nitrogen and oxygen atoms in total. The zero-order chi connectivity index (χ0) is 44.8. The lowest BCUT2D eigenvalue weighted by molar-refractivity contribution is -0.0619. The number of allylic oxidation sites excluding steroid dienone is 4. The molecular formula is C56H88F6O. The molecule has 0 amide bonds. The van der Waals surface area contributed by atoms with E-state index in [1.54, 1.807) is 0 Å². The monoisotopic (exact) mass is 891 g/mol. The highest BCUT2D eigenvalue weighted by Crippen LogP contribution is 2.63. The van der Waals surface area contributed by atoms with Gasteiger partial charge >= 0.3 is 0 Å². The van der Waals surface area contributed by atoms with Crippen LogP contribution in [0.5, 0.6) is 0 Å². The van der Waals surface area contributed by atoms with E-state index in [2.05, 4.69) is 13.8 Å². The maximum Gasteiger partial charge on any atom is 0.188 e. The van der Waals surface area contributed by atoms with Gasteiger partial charge in [-0.1, -0.05) is 193 Å². The molecule has 7 heteroatoms. The summed E-state index contributed by atoms with van der Waals surface area (Å²) in [6, 6.07) is 0. The number of alkyl halides is 2. The number of hydrogen-bond donors (Lipinski definition) is 0. The molecule has 0 aromatic rings. The average Bonchev–Trinajstić information content (AvgIpc) is 3.31. The second-order valence-corrected chi connectivity index (χ2v) is 21.9. The topological polar surface area (TPSA) is 9.23 Å². The Hall–Kier alpha value is -1.50. The third kappa shape index (κ3) is 11.8. The minimum Gasteiger partial charge on any atom is -0.379 e. The van der Waals surface area contributed by atoms with Crippen molar-refractivity contribution < 1.29 is 31.1 Å². The quantitative estimate of drug-likeness (QED) is 0.0533. The van der Waals surface area contributed by atoms with Crippen LogP contribution in [0, 0.1) is 46.3 Å². The molecule has 360 valence electrons. The van der Waals surface area contributed by atoms with Crippen molar-refractivity contribution in [3.8, 4) is 0 Å². The van der Waals surface area contributed by atoms with E-state index in [0.717, 1.165) is 89.9 Å². The van der Waals surface area contributed by atoms with E-state index in [9.17, 15) is 0 Å². The molecule has 0 aromatic carbocycles. The first-order valence-corrected chi connectivity index (χ1v) is 27.0. The Bertz CT molecular complexity index is 1380. The summed E-state index contributed by atoms with van der Waals surface area (Å²) in [6.45, 7) is 3.80. The average molecular weight is 891 g/mol. The van der Waals surface area contributed by atoms with Gasteiger partial charge in [-0.15, -0.1) is 0 Å². The fourth-order valence-corrected chi connectivity index (χ4v) is 14.1. The maximum atomic E-state index is 17.5. The number of unbranched alkanes of at least 4 members (excludes halogenated alkanes) is 12. The van der Waals surface area contributed by atoms with E-state index >= 15 is 26.3 Å².